The molecule has 3 fully saturated rings. The van der Waals surface area contributed by atoms with E-state index in [1.165, 1.54) is 51.6 Å². The number of rotatable bonds is 6. The highest BCUT2D eigenvalue weighted by molar-refractivity contribution is 5.94. The maximum atomic E-state index is 13.7. The van der Waals surface area contributed by atoms with E-state index in [-0.39, 0.29) is 12.0 Å². The van der Waals surface area contributed by atoms with Gasteiger partial charge in [0, 0.05) is 38.1 Å². The lowest BCUT2D eigenvalue weighted by atomic mass is 9.94. The molecule has 4 heterocycles. The highest BCUT2D eigenvalue weighted by Crippen LogP contribution is 2.29. The first kappa shape index (κ1) is 20.9. The van der Waals surface area contributed by atoms with Gasteiger partial charge in [0.15, 0.2) is 0 Å². The van der Waals surface area contributed by atoms with Crippen LogP contribution in [0, 0.1) is 12.8 Å². The van der Waals surface area contributed by atoms with E-state index in [1.54, 1.807) is 6.20 Å². The Morgan fingerprint density at radius 3 is 2.68 bits per heavy atom. The average molecular weight is 426 g/mol. The van der Waals surface area contributed by atoms with Gasteiger partial charge in [0.05, 0.1) is 11.8 Å². The monoisotopic (exact) mass is 425 g/mol. The maximum Gasteiger partial charge on any atom is 0.272 e. The van der Waals surface area contributed by atoms with Crippen LogP contribution >= 0.6 is 0 Å². The first-order valence-electron chi connectivity index (χ1n) is 12.1. The first-order valence-corrected chi connectivity index (χ1v) is 12.1. The van der Waals surface area contributed by atoms with Gasteiger partial charge in [-0.2, -0.15) is 0 Å². The number of ether oxygens (including phenoxy) is 1. The lowest BCUT2D eigenvalue weighted by Crippen LogP contribution is -2.45. The van der Waals surface area contributed by atoms with Crippen molar-refractivity contribution in [2.45, 2.75) is 70.4 Å². The summed E-state index contributed by atoms with van der Waals surface area (Å²) < 4.78 is 7.74. The Bertz CT molecular complexity index is 893. The van der Waals surface area contributed by atoms with Crippen LogP contribution in [0.3, 0.4) is 0 Å². The topological polar surface area (TPSA) is 63.0 Å². The SMILES string of the molecule is Cc1nc2ncccn2c1C(=O)N(CC1CCN(C2CCCC2)CC1)C[C@@H]1CCCO1. The van der Waals surface area contributed by atoms with Crippen LogP contribution in [0.15, 0.2) is 18.5 Å². The van der Waals surface area contributed by atoms with Crippen molar-refractivity contribution in [1.82, 2.24) is 24.2 Å². The van der Waals surface area contributed by atoms with Crippen molar-refractivity contribution in [3.63, 3.8) is 0 Å². The Morgan fingerprint density at radius 2 is 1.94 bits per heavy atom. The summed E-state index contributed by atoms with van der Waals surface area (Å²) in [5, 5.41) is 0. The van der Waals surface area contributed by atoms with Crippen LogP contribution in [0.5, 0.6) is 0 Å². The zero-order chi connectivity index (χ0) is 21.2. The predicted octanol–water partition coefficient (Wildman–Crippen LogP) is 3.31. The van der Waals surface area contributed by atoms with E-state index in [4.69, 9.17) is 4.74 Å². The summed E-state index contributed by atoms with van der Waals surface area (Å²) >= 11 is 0. The van der Waals surface area contributed by atoms with Crippen LogP contribution in [0.2, 0.25) is 0 Å². The number of likely N-dealkylation sites (tertiary alicyclic amines) is 1. The number of aromatic nitrogens is 3. The minimum atomic E-state index is 0.0618. The molecule has 0 spiro atoms. The van der Waals surface area contributed by atoms with E-state index < -0.39 is 0 Å². The number of fused-ring (bicyclic) bond motifs is 1. The number of hydrogen-bond acceptors (Lipinski definition) is 5. The number of hydrogen-bond donors (Lipinski definition) is 0. The molecule has 1 amide bonds. The fourth-order valence-corrected chi connectivity index (χ4v) is 5.76. The molecule has 0 unspecified atom stereocenters. The van der Waals surface area contributed by atoms with Gasteiger partial charge in [-0.05, 0) is 70.5 Å². The Balaban J connectivity index is 1.31. The summed E-state index contributed by atoms with van der Waals surface area (Å²) in [6, 6.07) is 2.66. The van der Waals surface area contributed by atoms with Crippen molar-refractivity contribution in [3.8, 4) is 0 Å². The molecule has 1 aliphatic carbocycles. The van der Waals surface area contributed by atoms with Gasteiger partial charge in [0.25, 0.3) is 5.91 Å². The van der Waals surface area contributed by atoms with Gasteiger partial charge in [-0.25, -0.2) is 9.97 Å². The molecule has 1 saturated carbocycles. The summed E-state index contributed by atoms with van der Waals surface area (Å²) in [6.45, 7) is 6.56. The van der Waals surface area contributed by atoms with E-state index in [0.717, 1.165) is 37.7 Å². The average Bonchev–Trinajstić information content (AvgIpc) is 3.54. The highest BCUT2D eigenvalue weighted by atomic mass is 16.5. The van der Waals surface area contributed by atoms with Crippen LogP contribution < -0.4 is 0 Å². The second kappa shape index (κ2) is 9.25. The number of aryl methyl sites for hydroxylation is 1. The molecule has 31 heavy (non-hydrogen) atoms. The minimum Gasteiger partial charge on any atom is -0.376 e. The molecule has 7 nitrogen and oxygen atoms in total. The molecule has 0 aromatic carbocycles. The Hall–Kier alpha value is -1.99. The quantitative estimate of drug-likeness (QED) is 0.711. The number of nitrogens with zero attached hydrogens (tertiary/aromatic N) is 5. The second-order valence-electron chi connectivity index (χ2n) is 9.60. The summed E-state index contributed by atoms with van der Waals surface area (Å²) in [7, 11) is 0. The molecule has 1 atom stereocenters. The molecule has 5 rings (SSSR count). The molecule has 2 aromatic heterocycles. The second-order valence-corrected chi connectivity index (χ2v) is 9.60. The van der Waals surface area contributed by atoms with Crippen LogP contribution in [-0.4, -0.2) is 75.0 Å². The molecule has 2 saturated heterocycles. The minimum absolute atomic E-state index is 0.0618. The highest BCUT2D eigenvalue weighted by Gasteiger charge is 2.32. The third-order valence-electron chi connectivity index (χ3n) is 7.48. The molecule has 3 aliphatic rings. The number of amides is 1. The zero-order valence-corrected chi connectivity index (χ0v) is 18.7. The van der Waals surface area contributed by atoms with E-state index in [9.17, 15) is 4.79 Å². The first-order chi connectivity index (χ1) is 15.2. The van der Waals surface area contributed by atoms with Crippen molar-refractivity contribution in [3.05, 3.63) is 29.8 Å². The van der Waals surface area contributed by atoms with Crippen molar-refractivity contribution in [1.29, 1.82) is 0 Å². The standard InChI is InChI=1S/C24H35N5O2/c1-18-22(29-12-5-11-25-24(29)26-18)23(30)28(17-21-8-4-15-31-21)16-19-9-13-27(14-10-19)20-6-2-3-7-20/h5,11-12,19-21H,2-4,6-10,13-17H2,1H3/t21-/m0/s1. The number of carbonyl (C=O) groups is 1. The maximum absolute atomic E-state index is 13.7. The van der Waals surface area contributed by atoms with Crippen LogP contribution in [-0.2, 0) is 4.74 Å². The molecule has 2 aromatic rings. The number of piperidine rings is 1. The molecular formula is C24H35N5O2. The van der Waals surface area contributed by atoms with Gasteiger partial charge >= 0.3 is 0 Å². The third kappa shape index (κ3) is 4.48. The van der Waals surface area contributed by atoms with Crippen LogP contribution in [0.1, 0.15) is 67.5 Å². The van der Waals surface area contributed by atoms with Crippen molar-refractivity contribution >= 4 is 11.7 Å². The molecule has 7 heteroatoms. The summed E-state index contributed by atoms with van der Waals surface area (Å²) in [6.07, 6.45) is 13.8. The van der Waals surface area contributed by atoms with E-state index in [0.29, 0.717) is 23.9 Å². The lowest BCUT2D eigenvalue weighted by Gasteiger charge is -2.38. The van der Waals surface area contributed by atoms with E-state index in [2.05, 4.69) is 19.8 Å². The fraction of sp³-hybridized carbons (Fsp3) is 0.708. The third-order valence-corrected chi connectivity index (χ3v) is 7.48. The summed E-state index contributed by atoms with van der Waals surface area (Å²) in [5.41, 5.74) is 1.39. The largest absolute Gasteiger partial charge is 0.376 e. The van der Waals surface area contributed by atoms with Crippen LogP contribution in [0.25, 0.3) is 5.78 Å². The van der Waals surface area contributed by atoms with Gasteiger partial charge < -0.3 is 14.5 Å². The Kier molecular flexibility index (Phi) is 6.23. The summed E-state index contributed by atoms with van der Waals surface area (Å²) in [4.78, 5) is 27.3. The zero-order valence-electron chi connectivity index (χ0n) is 18.7. The van der Waals surface area contributed by atoms with Crippen molar-refractivity contribution in [2.24, 2.45) is 5.92 Å². The van der Waals surface area contributed by atoms with Gasteiger partial charge in [0.1, 0.15) is 5.69 Å². The lowest BCUT2D eigenvalue weighted by molar-refractivity contribution is 0.0424. The Morgan fingerprint density at radius 1 is 1.13 bits per heavy atom. The van der Waals surface area contributed by atoms with E-state index >= 15 is 0 Å². The Labute approximate surface area is 184 Å². The van der Waals surface area contributed by atoms with Crippen molar-refractivity contribution < 1.29 is 9.53 Å². The predicted molar refractivity (Wildman–Crippen MR) is 119 cm³/mol. The van der Waals surface area contributed by atoms with Gasteiger partial charge in [-0.1, -0.05) is 12.8 Å². The molecule has 168 valence electrons. The molecule has 0 radical (unpaired) electrons. The van der Waals surface area contributed by atoms with Gasteiger partial charge in [0.2, 0.25) is 5.78 Å². The van der Waals surface area contributed by atoms with Gasteiger partial charge in [-0.3, -0.25) is 9.20 Å². The summed E-state index contributed by atoms with van der Waals surface area (Å²) in [5.74, 6) is 1.21. The number of imidazole rings is 1. The number of carbonyl (C=O) groups excluding carboxylic acids is 1. The molecule has 0 bridgehead atoms. The molecule has 2 aliphatic heterocycles. The van der Waals surface area contributed by atoms with E-state index in [1.807, 2.05) is 23.6 Å². The van der Waals surface area contributed by atoms with Crippen molar-refractivity contribution in [2.75, 3.05) is 32.8 Å². The molecular weight excluding hydrogens is 390 g/mol. The molecule has 0 N–H and O–H groups in total. The van der Waals surface area contributed by atoms with Gasteiger partial charge in [-0.15, -0.1) is 0 Å². The fourth-order valence-electron chi connectivity index (χ4n) is 5.76. The smallest absolute Gasteiger partial charge is 0.272 e. The van der Waals surface area contributed by atoms with Crippen LogP contribution in [0.4, 0.5) is 0 Å². The normalized spacial score (nSPS) is 23.7.